The van der Waals surface area contributed by atoms with Crippen LogP contribution in [0, 0.1) is 6.92 Å². The molecule has 0 bridgehead atoms. The molecule has 5 nitrogen and oxygen atoms in total. The highest BCUT2D eigenvalue weighted by Gasteiger charge is 2.10. The maximum Gasteiger partial charge on any atom is 0.272 e. The van der Waals surface area contributed by atoms with E-state index >= 15 is 0 Å². The number of nitrogens with one attached hydrogen (secondary N) is 1. The average molecular weight is 462 g/mol. The van der Waals surface area contributed by atoms with Crippen LogP contribution in [0.2, 0.25) is 0 Å². The third-order valence-corrected chi connectivity index (χ3v) is 5.41. The van der Waals surface area contributed by atoms with Gasteiger partial charge in [-0.25, -0.2) is 4.98 Å². The first-order chi connectivity index (χ1) is 14.5. The van der Waals surface area contributed by atoms with Gasteiger partial charge in [0.1, 0.15) is 5.69 Å². The van der Waals surface area contributed by atoms with E-state index in [1.165, 1.54) is 0 Å². The lowest BCUT2D eigenvalue weighted by Crippen LogP contribution is -2.25. The van der Waals surface area contributed by atoms with Gasteiger partial charge in [0.2, 0.25) is 0 Å². The summed E-state index contributed by atoms with van der Waals surface area (Å²) in [7, 11) is 0. The van der Waals surface area contributed by atoms with Gasteiger partial charge in [-0.05, 0) is 54.4 Å². The second-order valence-electron chi connectivity index (χ2n) is 7.09. The van der Waals surface area contributed by atoms with E-state index in [1.54, 1.807) is 23.6 Å². The minimum atomic E-state index is -0.135. The highest BCUT2D eigenvalue weighted by molar-refractivity contribution is 9.10. The molecule has 1 N–H and O–H groups in total. The number of carbonyl (C=O) groups excluding carboxylic acids is 1. The summed E-state index contributed by atoms with van der Waals surface area (Å²) in [4.78, 5) is 29.5. The zero-order valence-corrected chi connectivity index (χ0v) is 18.0. The van der Waals surface area contributed by atoms with Crippen molar-refractivity contribution in [3.8, 4) is 0 Å². The minimum Gasteiger partial charge on any atom is -0.348 e. The molecule has 4 rings (SSSR count). The SMILES string of the molecule is Cc1nc2ccccc2n(Cc2ccc(C(=O)NCc3cccc(Br)c3)cc2)c1=O. The Labute approximate surface area is 182 Å². The van der Waals surface area contributed by atoms with Gasteiger partial charge in [0.25, 0.3) is 11.5 Å². The van der Waals surface area contributed by atoms with E-state index in [2.05, 4.69) is 26.2 Å². The molecule has 0 atom stereocenters. The number of hydrogen-bond donors (Lipinski definition) is 1. The number of rotatable bonds is 5. The molecule has 0 aliphatic carbocycles. The van der Waals surface area contributed by atoms with E-state index in [4.69, 9.17) is 0 Å². The van der Waals surface area contributed by atoms with Crippen molar-refractivity contribution in [3.05, 3.63) is 110 Å². The number of fused-ring (bicyclic) bond motifs is 1. The molecule has 150 valence electrons. The zero-order valence-electron chi connectivity index (χ0n) is 16.4. The first-order valence-corrected chi connectivity index (χ1v) is 10.4. The summed E-state index contributed by atoms with van der Waals surface area (Å²) in [5.74, 6) is -0.135. The molecule has 30 heavy (non-hydrogen) atoms. The zero-order chi connectivity index (χ0) is 21.1. The van der Waals surface area contributed by atoms with Crippen molar-refractivity contribution in [2.75, 3.05) is 0 Å². The molecular weight excluding hydrogens is 442 g/mol. The summed E-state index contributed by atoms with van der Waals surface area (Å²) < 4.78 is 2.70. The first-order valence-electron chi connectivity index (χ1n) is 9.59. The third-order valence-electron chi connectivity index (χ3n) is 4.91. The number of aromatic nitrogens is 2. The summed E-state index contributed by atoms with van der Waals surface area (Å²) in [5, 5.41) is 2.93. The van der Waals surface area contributed by atoms with Gasteiger partial charge < -0.3 is 9.88 Å². The van der Waals surface area contributed by atoms with Gasteiger partial charge in [-0.15, -0.1) is 0 Å². The second-order valence-corrected chi connectivity index (χ2v) is 8.00. The molecule has 0 saturated heterocycles. The second kappa shape index (κ2) is 8.63. The predicted molar refractivity (Wildman–Crippen MR) is 122 cm³/mol. The maximum atomic E-state index is 12.6. The molecule has 6 heteroatoms. The highest BCUT2D eigenvalue weighted by atomic mass is 79.9. The number of para-hydroxylation sites is 2. The fourth-order valence-corrected chi connectivity index (χ4v) is 3.80. The van der Waals surface area contributed by atoms with Crippen molar-refractivity contribution in [2.45, 2.75) is 20.0 Å². The van der Waals surface area contributed by atoms with Gasteiger partial charge >= 0.3 is 0 Å². The van der Waals surface area contributed by atoms with Gasteiger partial charge in [-0.2, -0.15) is 0 Å². The van der Waals surface area contributed by atoms with Gasteiger partial charge in [0, 0.05) is 16.6 Å². The first kappa shape index (κ1) is 20.0. The summed E-state index contributed by atoms with van der Waals surface area (Å²) in [6, 6.07) is 22.8. The Kier molecular flexibility index (Phi) is 5.77. The van der Waals surface area contributed by atoms with E-state index in [0.717, 1.165) is 26.6 Å². The van der Waals surface area contributed by atoms with Crippen LogP contribution in [0.3, 0.4) is 0 Å². The number of hydrogen-bond acceptors (Lipinski definition) is 3. The molecule has 3 aromatic carbocycles. The van der Waals surface area contributed by atoms with Crippen molar-refractivity contribution >= 4 is 32.9 Å². The fraction of sp³-hybridized carbons (Fsp3) is 0.125. The van der Waals surface area contributed by atoms with Gasteiger partial charge in [-0.1, -0.05) is 52.3 Å². The Hall–Kier alpha value is -3.25. The number of aryl methyl sites for hydroxylation is 1. The van der Waals surface area contributed by atoms with Crippen molar-refractivity contribution in [3.63, 3.8) is 0 Å². The Morgan fingerprint density at radius 3 is 2.53 bits per heavy atom. The van der Waals surface area contributed by atoms with Crippen LogP contribution < -0.4 is 10.9 Å². The smallest absolute Gasteiger partial charge is 0.272 e. The number of nitrogens with zero attached hydrogens (tertiary/aromatic N) is 2. The van der Waals surface area contributed by atoms with Crippen LogP contribution >= 0.6 is 15.9 Å². The summed E-state index contributed by atoms with van der Waals surface area (Å²) in [5.41, 5.74) is 4.49. The average Bonchev–Trinajstić information content (AvgIpc) is 2.76. The lowest BCUT2D eigenvalue weighted by molar-refractivity contribution is 0.0951. The molecule has 0 saturated carbocycles. The highest BCUT2D eigenvalue weighted by Crippen LogP contribution is 2.14. The van der Waals surface area contributed by atoms with Crippen LogP contribution in [0.5, 0.6) is 0 Å². The molecule has 4 aromatic rings. The number of carbonyl (C=O) groups is 1. The van der Waals surface area contributed by atoms with Crippen molar-refractivity contribution in [1.82, 2.24) is 14.9 Å². The van der Waals surface area contributed by atoms with Gasteiger partial charge in [-0.3, -0.25) is 9.59 Å². The van der Waals surface area contributed by atoms with Crippen LogP contribution in [-0.2, 0) is 13.1 Å². The molecule has 1 amide bonds. The summed E-state index contributed by atoms with van der Waals surface area (Å²) >= 11 is 3.43. The third kappa shape index (κ3) is 4.33. The molecule has 0 unspecified atom stereocenters. The molecule has 0 spiro atoms. The van der Waals surface area contributed by atoms with Crippen LogP contribution in [0.1, 0.15) is 27.2 Å². The number of halogens is 1. The minimum absolute atomic E-state index is 0.107. The van der Waals surface area contributed by atoms with Crippen LogP contribution in [0.25, 0.3) is 11.0 Å². The normalized spacial score (nSPS) is 10.9. The lowest BCUT2D eigenvalue weighted by atomic mass is 10.1. The Morgan fingerprint density at radius 1 is 1.00 bits per heavy atom. The van der Waals surface area contributed by atoms with Crippen LogP contribution in [0.15, 0.2) is 82.1 Å². The molecular formula is C24H20BrN3O2. The lowest BCUT2D eigenvalue weighted by Gasteiger charge is -2.12. The van der Waals surface area contributed by atoms with Gasteiger partial charge in [0.15, 0.2) is 0 Å². The van der Waals surface area contributed by atoms with E-state index in [0.29, 0.717) is 24.3 Å². The number of benzene rings is 3. The van der Waals surface area contributed by atoms with Crippen molar-refractivity contribution in [2.24, 2.45) is 0 Å². The molecule has 0 aliphatic rings. The topological polar surface area (TPSA) is 64.0 Å². The predicted octanol–water partition coefficient (Wildman–Crippen LogP) is 4.45. The maximum absolute atomic E-state index is 12.6. The van der Waals surface area contributed by atoms with E-state index in [9.17, 15) is 9.59 Å². The monoisotopic (exact) mass is 461 g/mol. The summed E-state index contributed by atoms with van der Waals surface area (Å²) in [6.07, 6.45) is 0. The number of amides is 1. The van der Waals surface area contributed by atoms with Crippen molar-refractivity contribution < 1.29 is 4.79 Å². The molecule has 0 aliphatic heterocycles. The van der Waals surface area contributed by atoms with Crippen molar-refractivity contribution in [1.29, 1.82) is 0 Å². The fourth-order valence-electron chi connectivity index (χ4n) is 3.35. The van der Waals surface area contributed by atoms with E-state index in [1.807, 2.05) is 60.7 Å². The Balaban J connectivity index is 1.50. The van der Waals surface area contributed by atoms with E-state index in [-0.39, 0.29) is 11.5 Å². The van der Waals surface area contributed by atoms with Crippen LogP contribution in [-0.4, -0.2) is 15.5 Å². The molecule has 1 aromatic heterocycles. The molecule has 1 heterocycles. The molecule has 0 radical (unpaired) electrons. The quantitative estimate of drug-likeness (QED) is 0.477. The van der Waals surface area contributed by atoms with E-state index < -0.39 is 0 Å². The molecule has 0 fully saturated rings. The summed E-state index contributed by atoms with van der Waals surface area (Å²) in [6.45, 7) is 2.60. The Bertz CT molecular complexity index is 1280. The van der Waals surface area contributed by atoms with Crippen LogP contribution in [0.4, 0.5) is 0 Å². The Morgan fingerprint density at radius 2 is 1.77 bits per heavy atom. The van der Waals surface area contributed by atoms with Gasteiger partial charge in [0.05, 0.1) is 17.6 Å². The standard InChI is InChI=1S/C24H20BrN3O2/c1-16-24(30)28(22-8-3-2-7-21(22)27-16)15-17-9-11-19(12-10-17)23(29)26-14-18-5-4-6-20(25)13-18/h2-13H,14-15H2,1H3,(H,26,29). The largest absolute Gasteiger partial charge is 0.348 e.